The van der Waals surface area contributed by atoms with Gasteiger partial charge in [-0.05, 0) is 25.2 Å². The quantitative estimate of drug-likeness (QED) is 0.265. The molecule has 0 aromatic carbocycles. The van der Waals surface area contributed by atoms with E-state index in [1.54, 1.807) is 0 Å². The van der Waals surface area contributed by atoms with Gasteiger partial charge in [-0.1, -0.05) is 132 Å². The highest BCUT2D eigenvalue weighted by atomic mass is 14.1. The summed E-state index contributed by atoms with van der Waals surface area (Å²) < 4.78 is 0. The molecule has 0 nitrogen and oxygen atoms in total. The SMILES string of the molecule is C/C=C/C(C)CCC.C=C.CC.CCC.CCCCCC(C)CCCC. The lowest BCUT2D eigenvalue weighted by Crippen LogP contribution is -1.93. The molecule has 0 saturated carbocycles. The average Bonchev–Trinajstić information content (AvgIpc) is 2.65. The number of rotatable bonds is 10. The lowest BCUT2D eigenvalue weighted by Gasteiger charge is -2.09. The Labute approximate surface area is 171 Å². The van der Waals surface area contributed by atoms with Gasteiger partial charge in [-0.15, -0.1) is 13.2 Å². The third kappa shape index (κ3) is 56.6. The molecule has 0 heterocycles. The van der Waals surface area contributed by atoms with E-state index in [4.69, 9.17) is 0 Å². The molecule has 0 heteroatoms. The van der Waals surface area contributed by atoms with Crippen LogP contribution in [0.15, 0.2) is 25.3 Å². The second-order valence-electron chi connectivity index (χ2n) is 6.74. The maximum absolute atomic E-state index is 3.00. The van der Waals surface area contributed by atoms with E-state index in [0.29, 0.717) is 0 Å². The monoisotopic (exact) mass is 370 g/mol. The zero-order valence-corrected chi connectivity index (χ0v) is 20.8. The molecule has 0 saturated heterocycles. The third-order valence-electron chi connectivity index (χ3n) is 3.62. The summed E-state index contributed by atoms with van der Waals surface area (Å²) in [5.74, 6) is 1.76. The minimum absolute atomic E-state index is 0.782. The molecule has 0 fully saturated rings. The second-order valence-corrected chi connectivity index (χ2v) is 6.74. The topological polar surface area (TPSA) is 0 Å². The van der Waals surface area contributed by atoms with E-state index in [1.165, 1.54) is 64.2 Å². The summed E-state index contributed by atoms with van der Waals surface area (Å²) in [5, 5.41) is 0. The van der Waals surface area contributed by atoms with Crippen LogP contribution in [0.3, 0.4) is 0 Å². The van der Waals surface area contributed by atoms with Crippen LogP contribution < -0.4 is 0 Å². The number of hydrogen-bond acceptors (Lipinski definition) is 0. The van der Waals surface area contributed by atoms with Crippen molar-refractivity contribution in [2.75, 3.05) is 0 Å². The van der Waals surface area contributed by atoms with Crippen LogP contribution in [0.5, 0.6) is 0 Å². The van der Waals surface area contributed by atoms with E-state index >= 15 is 0 Å². The molecule has 2 unspecified atom stereocenters. The largest absolute Gasteiger partial charge is 0.106 e. The van der Waals surface area contributed by atoms with Crippen molar-refractivity contribution >= 4 is 0 Å². The molecule has 0 radical (unpaired) electrons. The molecular weight excluding hydrogens is 312 g/mol. The first-order valence-corrected chi connectivity index (χ1v) is 11.7. The molecule has 0 spiro atoms. The molecule has 0 bridgehead atoms. The Morgan fingerprint density at radius 3 is 1.46 bits per heavy atom. The van der Waals surface area contributed by atoms with Gasteiger partial charge in [0.1, 0.15) is 0 Å². The maximum Gasteiger partial charge on any atom is -0.0262 e. The molecule has 0 aliphatic carbocycles. The van der Waals surface area contributed by atoms with Gasteiger partial charge in [0.15, 0.2) is 0 Å². The van der Waals surface area contributed by atoms with Gasteiger partial charge in [0.25, 0.3) is 0 Å². The van der Waals surface area contributed by atoms with Gasteiger partial charge in [0.2, 0.25) is 0 Å². The fourth-order valence-corrected chi connectivity index (χ4v) is 2.32. The predicted molar refractivity (Wildman–Crippen MR) is 130 cm³/mol. The Hall–Kier alpha value is -0.520. The van der Waals surface area contributed by atoms with Crippen LogP contribution in [0.4, 0.5) is 0 Å². The molecule has 162 valence electrons. The van der Waals surface area contributed by atoms with Crippen LogP contribution in [-0.4, -0.2) is 0 Å². The maximum atomic E-state index is 3.00. The summed E-state index contributed by atoms with van der Waals surface area (Å²) in [5.41, 5.74) is 0. The van der Waals surface area contributed by atoms with Crippen molar-refractivity contribution in [1.29, 1.82) is 0 Å². The molecule has 0 aromatic heterocycles. The highest BCUT2D eigenvalue weighted by Gasteiger charge is 1.99. The van der Waals surface area contributed by atoms with Gasteiger partial charge in [0, 0.05) is 0 Å². The first-order valence-electron chi connectivity index (χ1n) is 11.7. The minimum atomic E-state index is 0.782. The van der Waals surface area contributed by atoms with Crippen LogP contribution in [0.2, 0.25) is 0 Å². The molecule has 0 aliphatic rings. The van der Waals surface area contributed by atoms with Gasteiger partial charge in [-0.2, -0.15) is 0 Å². The van der Waals surface area contributed by atoms with Crippen molar-refractivity contribution in [2.24, 2.45) is 11.8 Å². The summed E-state index contributed by atoms with van der Waals surface area (Å²) in [6.45, 7) is 27.7. The molecule has 0 rings (SSSR count). The van der Waals surface area contributed by atoms with Crippen molar-refractivity contribution in [1.82, 2.24) is 0 Å². The van der Waals surface area contributed by atoms with E-state index in [2.05, 4.69) is 80.7 Å². The van der Waals surface area contributed by atoms with E-state index < -0.39 is 0 Å². The predicted octanol–water partition coefficient (Wildman–Crippen LogP) is 10.6. The number of hydrogen-bond donors (Lipinski definition) is 0. The molecule has 26 heavy (non-hydrogen) atoms. The Bertz CT molecular complexity index is 192. The number of unbranched alkanes of at least 4 members (excludes halogenated alkanes) is 3. The minimum Gasteiger partial charge on any atom is -0.106 e. The van der Waals surface area contributed by atoms with Crippen LogP contribution in [0, 0.1) is 11.8 Å². The van der Waals surface area contributed by atoms with Crippen LogP contribution in [-0.2, 0) is 0 Å². The second kappa shape index (κ2) is 44.2. The first-order chi connectivity index (χ1) is 12.5. The van der Waals surface area contributed by atoms with Crippen molar-refractivity contribution in [2.45, 2.75) is 133 Å². The molecule has 0 amide bonds. The normalized spacial score (nSPS) is 11.3. The molecular formula is C26H58. The molecule has 0 aliphatic heterocycles. The zero-order valence-electron chi connectivity index (χ0n) is 20.8. The Morgan fingerprint density at radius 2 is 1.12 bits per heavy atom. The lowest BCUT2D eigenvalue weighted by atomic mass is 9.98. The summed E-state index contributed by atoms with van der Waals surface area (Å²) in [7, 11) is 0. The summed E-state index contributed by atoms with van der Waals surface area (Å²) >= 11 is 0. The van der Waals surface area contributed by atoms with Crippen molar-refractivity contribution in [3.63, 3.8) is 0 Å². The Balaban J connectivity index is -0.0000000858. The van der Waals surface area contributed by atoms with Crippen LogP contribution in [0.1, 0.15) is 133 Å². The third-order valence-corrected chi connectivity index (χ3v) is 3.62. The number of allylic oxidation sites excluding steroid dienone is 2. The van der Waals surface area contributed by atoms with Gasteiger partial charge in [-0.3, -0.25) is 0 Å². The first kappa shape index (κ1) is 36.4. The fraction of sp³-hybridized carbons (Fsp3) is 0.846. The van der Waals surface area contributed by atoms with E-state index in [-0.39, 0.29) is 0 Å². The van der Waals surface area contributed by atoms with E-state index in [9.17, 15) is 0 Å². The summed E-state index contributed by atoms with van der Waals surface area (Å²) in [6, 6.07) is 0. The lowest BCUT2D eigenvalue weighted by molar-refractivity contribution is 0.448. The van der Waals surface area contributed by atoms with Crippen LogP contribution >= 0.6 is 0 Å². The summed E-state index contributed by atoms with van der Waals surface area (Å²) in [6.07, 6.45) is 18.2. The Kier molecular flexibility index (Phi) is 61.8. The standard InChI is InChI=1S/C11H24.C8H16.C3H8.C2H6.C2H4/c1-4-6-8-10-11(3)9-7-5-2;1-4-6-8(3)7-5-2;1-3-2;2*1-2/h11H,4-10H2,1-3H3;4,6,8H,5,7H2,1-3H3;3H2,1-2H3;1-2H3;1-2H2/b;6-4+;;;. The molecule has 0 N–H and O–H groups in total. The van der Waals surface area contributed by atoms with E-state index in [0.717, 1.165) is 11.8 Å². The molecule has 0 aromatic rings. The summed E-state index contributed by atoms with van der Waals surface area (Å²) in [4.78, 5) is 0. The highest BCUT2D eigenvalue weighted by Crippen LogP contribution is 2.15. The van der Waals surface area contributed by atoms with Gasteiger partial charge >= 0.3 is 0 Å². The van der Waals surface area contributed by atoms with E-state index in [1.807, 2.05) is 13.8 Å². The van der Waals surface area contributed by atoms with Gasteiger partial charge in [0.05, 0.1) is 0 Å². The average molecular weight is 371 g/mol. The smallest absolute Gasteiger partial charge is 0.0262 e. The van der Waals surface area contributed by atoms with Crippen molar-refractivity contribution < 1.29 is 0 Å². The van der Waals surface area contributed by atoms with Crippen LogP contribution in [0.25, 0.3) is 0 Å². The Morgan fingerprint density at radius 1 is 0.692 bits per heavy atom. The van der Waals surface area contributed by atoms with Gasteiger partial charge in [-0.25, -0.2) is 0 Å². The highest BCUT2D eigenvalue weighted by molar-refractivity contribution is 4.82. The van der Waals surface area contributed by atoms with Crippen molar-refractivity contribution in [3.05, 3.63) is 25.3 Å². The zero-order chi connectivity index (χ0) is 21.6. The van der Waals surface area contributed by atoms with Gasteiger partial charge < -0.3 is 0 Å². The molecule has 2 atom stereocenters. The van der Waals surface area contributed by atoms with Crippen molar-refractivity contribution in [3.8, 4) is 0 Å². The fourth-order valence-electron chi connectivity index (χ4n) is 2.32.